The summed E-state index contributed by atoms with van der Waals surface area (Å²) in [7, 11) is 0. The van der Waals surface area contributed by atoms with Crippen molar-refractivity contribution in [2.45, 2.75) is 19.3 Å². The van der Waals surface area contributed by atoms with E-state index < -0.39 is 0 Å². The van der Waals surface area contributed by atoms with Crippen molar-refractivity contribution in [2.24, 2.45) is 0 Å². The van der Waals surface area contributed by atoms with Crippen LogP contribution in [0.15, 0.2) is 156 Å². The summed E-state index contributed by atoms with van der Waals surface area (Å²) < 4.78 is 6.66. The molecule has 0 atom stereocenters. The molecule has 7 aromatic carbocycles. The number of hydrogen-bond acceptors (Lipinski definition) is 3. The summed E-state index contributed by atoms with van der Waals surface area (Å²) >= 11 is 0. The normalized spacial score (nSPS) is 14.8. The van der Waals surface area contributed by atoms with Gasteiger partial charge in [-0.05, 0) is 81.1 Å². The second kappa shape index (κ2) is 9.55. The van der Waals surface area contributed by atoms with E-state index in [2.05, 4.69) is 169 Å². The third-order valence-corrected chi connectivity index (χ3v) is 11.2. The smallest absolute Gasteiger partial charge is 0.252 e. The first kappa shape index (κ1) is 27.0. The van der Waals surface area contributed by atoms with E-state index in [9.17, 15) is 0 Å². The second-order valence-electron chi connectivity index (χ2n) is 14.1. The number of fused-ring (bicyclic) bond motifs is 10. The summed E-state index contributed by atoms with van der Waals surface area (Å²) in [6, 6.07) is 55.5. The maximum atomic E-state index is 6.66. The molecule has 230 valence electrons. The quantitative estimate of drug-likeness (QED) is 0.178. The van der Waals surface area contributed by atoms with Crippen molar-refractivity contribution >= 4 is 79.2 Å². The molecule has 0 saturated heterocycles. The Kier molecular flexibility index (Phi) is 5.26. The third kappa shape index (κ3) is 3.43. The number of para-hydroxylation sites is 4. The Balaban J connectivity index is 1.22. The summed E-state index contributed by atoms with van der Waals surface area (Å²) in [5, 5.41) is 2.27. The molecule has 0 saturated carbocycles. The monoisotopic (exact) mass is 626 g/mol. The van der Waals surface area contributed by atoms with Crippen LogP contribution >= 0.6 is 0 Å². The molecule has 3 aliphatic rings. The number of anilines is 6. The zero-order valence-electron chi connectivity index (χ0n) is 27.3. The molecule has 11 rings (SSSR count). The Morgan fingerprint density at radius 3 is 1.80 bits per heavy atom. The predicted octanol–water partition coefficient (Wildman–Crippen LogP) is 9.97. The van der Waals surface area contributed by atoms with Crippen LogP contribution in [-0.2, 0) is 5.41 Å². The summed E-state index contributed by atoms with van der Waals surface area (Å²) in [5.41, 5.74) is 18.1. The zero-order valence-corrected chi connectivity index (χ0v) is 27.3. The van der Waals surface area contributed by atoms with E-state index in [1.165, 1.54) is 67.1 Å². The number of benzene rings is 7. The van der Waals surface area contributed by atoms with Gasteiger partial charge in [-0.25, -0.2) is 0 Å². The van der Waals surface area contributed by atoms with Crippen LogP contribution in [0.25, 0.3) is 33.1 Å². The minimum absolute atomic E-state index is 0.0861. The highest BCUT2D eigenvalue weighted by atomic mass is 16.3. The van der Waals surface area contributed by atoms with Crippen molar-refractivity contribution in [2.75, 3.05) is 9.80 Å². The van der Waals surface area contributed by atoms with Gasteiger partial charge < -0.3 is 14.2 Å². The number of nitrogens with zero attached hydrogens (tertiary/aromatic N) is 2. The molecule has 0 spiro atoms. The van der Waals surface area contributed by atoms with Crippen molar-refractivity contribution in [1.82, 2.24) is 0 Å². The Hall–Kier alpha value is -6.00. The standard InChI is InChI=1S/C45H31BN2O/c1-45(2)32-18-5-3-14-28(32)30-16-11-23-37(42(30)45)47-35-21-8-6-19-33(35)46-34-20-7-9-22-36(34)48(39-25-13-24-38(47)43(39)46)40-26-12-17-31-29-15-4-10-27-41(29)49-44(31)40/h3-27H,1-2H3. The Morgan fingerprint density at radius 2 is 1.00 bits per heavy atom. The zero-order chi connectivity index (χ0) is 32.4. The molecule has 1 aromatic heterocycles. The van der Waals surface area contributed by atoms with Gasteiger partial charge >= 0.3 is 0 Å². The van der Waals surface area contributed by atoms with Crippen LogP contribution in [0.3, 0.4) is 0 Å². The Labute approximate surface area is 285 Å². The minimum Gasteiger partial charge on any atom is -0.454 e. The van der Waals surface area contributed by atoms with E-state index in [1.54, 1.807) is 0 Å². The van der Waals surface area contributed by atoms with Crippen LogP contribution in [0.4, 0.5) is 34.1 Å². The third-order valence-electron chi connectivity index (χ3n) is 11.2. The van der Waals surface area contributed by atoms with Gasteiger partial charge in [-0.2, -0.15) is 0 Å². The lowest BCUT2D eigenvalue weighted by Crippen LogP contribution is -2.61. The second-order valence-corrected chi connectivity index (χ2v) is 14.1. The van der Waals surface area contributed by atoms with Crippen molar-refractivity contribution in [1.29, 1.82) is 0 Å². The summed E-state index contributed by atoms with van der Waals surface area (Å²) in [4.78, 5) is 4.99. The van der Waals surface area contributed by atoms with Gasteiger partial charge in [-0.1, -0.05) is 123 Å². The van der Waals surface area contributed by atoms with Gasteiger partial charge in [0.1, 0.15) is 5.58 Å². The molecule has 8 aromatic rings. The van der Waals surface area contributed by atoms with Gasteiger partial charge in [0, 0.05) is 38.9 Å². The van der Waals surface area contributed by atoms with Crippen LogP contribution in [0, 0.1) is 0 Å². The van der Waals surface area contributed by atoms with E-state index in [0.29, 0.717) is 0 Å². The lowest BCUT2D eigenvalue weighted by Gasteiger charge is -2.44. The van der Waals surface area contributed by atoms with Crippen LogP contribution in [-0.4, -0.2) is 6.71 Å². The van der Waals surface area contributed by atoms with Crippen LogP contribution in [0.1, 0.15) is 25.0 Å². The van der Waals surface area contributed by atoms with Crippen LogP contribution in [0.5, 0.6) is 0 Å². The topological polar surface area (TPSA) is 19.6 Å². The van der Waals surface area contributed by atoms with E-state index in [0.717, 1.165) is 27.6 Å². The molecular formula is C45H31BN2O. The maximum Gasteiger partial charge on any atom is 0.252 e. The predicted molar refractivity (Wildman–Crippen MR) is 205 cm³/mol. The fourth-order valence-corrected chi connectivity index (χ4v) is 9.27. The molecule has 49 heavy (non-hydrogen) atoms. The Bertz CT molecular complexity index is 2690. The van der Waals surface area contributed by atoms with Crippen LogP contribution in [0.2, 0.25) is 0 Å². The first-order valence-electron chi connectivity index (χ1n) is 17.2. The lowest BCUT2D eigenvalue weighted by molar-refractivity contribution is 0.661. The van der Waals surface area contributed by atoms with Gasteiger partial charge in [0.25, 0.3) is 6.71 Å². The summed E-state index contributed by atoms with van der Waals surface area (Å²) in [6.45, 7) is 4.85. The molecule has 1 aliphatic carbocycles. The summed E-state index contributed by atoms with van der Waals surface area (Å²) in [6.07, 6.45) is 0. The van der Waals surface area contributed by atoms with Crippen molar-refractivity contribution in [3.05, 3.63) is 163 Å². The molecule has 2 aliphatic heterocycles. The fourth-order valence-electron chi connectivity index (χ4n) is 9.27. The van der Waals surface area contributed by atoms with E-state index in [4.69, 9.17) is 4.42 Å². The maximum absolute atomic E-state index is 6.66. The van der Waals surface area contributed by atoms with Gasteiger partial charge in [0.15, 0.2) is 5.58 Å². The molecule has 4 heteroatoms. The lowest BCUT2D eigenvalue weighted by atomic mass is 9.33. The Morgan fingerprint density at radius 1 is 0.469 bits per heavy atom. The SMILES string of the molecule is CC1(C)c2ccccc2-c2cccc(N3c4ccccc4B4c5ccccc5N(c5cccc6c5oc5ccccc56)c5cccc3c54)c21. The summed E-state index contributed by atoms with van der Waals surface area (Å²) in [5.74, 6) is 0. The average Bonchev–Trinajstić information content (AvgIpc) is 3.64. The van der Waals surface area contributed by atoms with Gasteiger partial charge in [-0.3, -0.25) is 0 Å². The molecule has 0 N–H and O–H groups in total. The number of rotatable bonds is 2. The van der Waals surface area contributed by atoms with Crippen molar-refractivity contribution in [3.8, 4) is 11.1 Å². The van der Waals surface area contributed by atoms with E-state index in [-0.39, 0.29) is 12.1 Å². The molecule has 0 fully saturated rings. The number of furan rings is 1. The first-order valence-corrected chi connectivity index (χ1v) is 17.2. The minimum atomic E-state index is -0.154. The average molecular weight is 627 g/mol. The highest BCUT2D eigenvalue weighted by molar-refractivity contribution is 7.00. The molecular weight excluding hydrogens is 595 g/mol. The number of hydrogen-bond donors (Lipinski definition) is 0. The highest BCUT2D eigenvalue weighted by Gasteiger charge is 2.45. The highest BCUT2D eigenvalue weighted by Crippen LogP contribution is 2.55. The largest absolute Gasteiger partial charge is 0.454 e. The molecule has 0 amide bonds. The molecule has 3 nitrogen and oxygen atoms in total. The van der Waals surface area contributed by atoms with Gasteiger partial charge in [0.05, 0.1) is 11.4 Å². The van der Waals surface area contributed by atoms with Crippen molar-refractivity contribution in [3.63, 3.8) is 0 Å². The van der Waals surface area contributed by atoms with Crippen molar-refractivity contribution < 1.29 is 4.42 Å². The molecule has 0 unspecified atom stereocenters. The molecule has 0 radical (unpaired) electrons. The first-order chi connectivity index (χ1) is 24.1. The van der Waals surface area contributed by atoms with Gasteiger partial charge in [-0.15, -0.1) is 0 Å². The molecule has 3 heterocycles. The van der Waals surface area contributed by atoms with Crippen LogP contribution < -0.4 is 26.2 Å². The van der Waals surface area contributed by atoms with Gasteiger partial charge in [0.2, 0.25) is 0 Å². The fraction of sp³-hybridized carbons (Fsp3) is 0.0667. The van der Waals surface area contributed by atoms with E-state index in [1.807, 2.05) is 6.07 Å². The molecule has 0 bridgehead atoms. The van der Waals surface area contributed by atoms with E-state index >= 15 is 0 Å².